The molecule has 0 saturated heterocycles. The quantitative estimate of drug-likeness (QED) is 0.687. The number of methoxy groups -OCH3 is 1. The highest BCUT2D eigenvalue weighted by Gasteiger charge is 2.14. The Hall–Kier alpha value is -2.71. The molecule has 0 aliphatic carbocycles. The van der Waals surface area contributed by atoms with Gasteiger partial charge in [-0.1, -0.05) is 11.6 Å². The number of hydrogen-bond acceptors (Lipinski definition) is 4. The van der Waals surface area contributed by atoms with Gasteiger partial charge in [0.15, 0.2) is 0 Å². The van der Waals surface area contributed by atoms with E-state index in [0.29, 0.717) is 22.2 Å². The van der Waals surface area contributed by atoms with Crippen molar-refractivity contribution in [3.05, 3.63) is 52.4 Å². The summed E-state index contributed by atoms with van der Waals surface area (Å²) in [4.78, 5) is 12.2. The molecule has 0 fully saturated rings. The van der Waals surface area contributed by atoms with Gasteiger partial charge in [0.2, 0.25) is 0 Å². The van der Waals surface area contributed by atoms with E-state index in [-0.39, 0.29) is 5.57 Å². The second kappa shape index (κ2) is 6.83. The summed E-state index contributed by atoms with van der Waals surface area (Å²) in [5.74, 6) is 0.282. The van der Waals surface area contributed by atoms with Crippen LogP contribution in [-0.4, -0.2) is 13.0 Å². The summed E-state index contributed by atoms with van der Waals surface area (Å²) >= 11 is 6.02. The molecule has 2 rings (SSSR count). The van der Waals surface area contributed by atoms with Gasteiger partial charge in [-0.25, -0.2) is 0 Å². The third-order valence-corrected chi connectivity index (χ3v) is 3.33. The summed E-state index contributed by atoms with van der Waals surface area (Å²) < 4.78 is 10.3. The van der Waals surface area contributed by atoms with E-state index in [1.54, 1.807) is 31.2 Å². The second-order valence-corrected chi connectivity index (χ2v) is 4.85. The summed E-state index contributed by atoms with van der Waals surface area (Å²) in [6.45, 7) is 1.81. The van der Waals surface area contributed by atoms with Crippen LogP contribution in [0.3, 0.4) is 0 Å². The number of nitrogens with one attached hydrogen (secondary N) is 1. The largest absolute Gasteiger partial charge is 0.495 e. The number of aryl methyl sites for hydroxylation is 1. The standard InChI is InChI=1S/C16H13ClN2O3/c1-10-6-14(15(21-2)8-13(10)17)19-16(20)11(9-18)7-12-4-3-5-22-12/h3-8H,1-2H3,(H,19,20)/b11-7+. The van der Waals surface area contributed by atoms with Crippen LogP contribution in [-0.2, 0) is 4.79 Å². The third-order valence-electron chi connectivity index (χ3n) is 2.92. The normalized spacial score (nSPS) is 10.9. The maximum Gasteiger partial charge on any atom is 0.266 e. The lowest BCUT2D eigenvalue weighted by atomic mass is 10.1. The van der Waals surface area contributed by atoms with Crippen molar-refractivity contribution in [2.24, 2.45) is 0 Å². The van der Waals surface area contributed by atoms with Crippen LogP contribution in [0.1, 0.15) is 11.3 Å². The molecule has 22 heavy (non-hydrogen) atoms. The van der Waals surface area contributed by atoms with Gasteiger partial charge in [-0.05, 0) is 30.7 Å². The maximum absolute atomic E-state index is 12.2. The molecular weight excluding hydrogens is 304 g/mol. The number of ether oxygens (including phenoxy) is 1. The summed E-state index contributed by atoms with van der Waals surface area (Å²) in [5, 5.41) is 12.3. The Bertz CT molecular complexity index is 758. The Kier molecular flexibility index (Phi) is 4.87. The number of hydrogen-bond donors (Lipinski definition) is 1. The van der Waals surface area contributed by atoms with Crippen molar-refractivity contribution in [1.82, 2.24) is 0 Å². The number of nitriles is 1. The lowest BCUT2D eigenvalue weighted by Gasteiger charge is -2.11. The molecule has 1 N–H and O–H groups in total. The Morgan fingerprint density at radius 1 is 1.50 bits per heavy atom. The maximum atomic E-state index is 12.2. The zero-order valence-electron chi connectivity index (χ0n) is 12.0. The van der Waals surface area contributed by atoms with E-state index in [0.717, 1.165) is 5.56 Å². The van der Waals surface area contributed by atoms with Gasteiger partial charge >= 0.3 is 0 Å². The predicted molar refractivity (Wildman–Crippen MR) is 83.7 cm³/mol. The van der Waals surface area contributed by atoms with Gasteiger partial charge in [-0.2, -0.15) is 5.26 Å². The molecule has 0 spiro atoms. The topological polar surface area (TPSA) is 75.3 Å². The Morgan fingerprint density at radius 3 is 2.86 bits per heavy atom. The molecule has 0 aliphatic rings. The van der Waals surface area contributed by atoms with Gasteiger partial charge in [0.1, 0.15) is 23.2 Å². The molecule has 0 bridgehead atoms. The highest BCUT2D eigenvalue weighted by atomic mass is 35.5. The molecule has 1 amide bonds. The molecule has 1 heterocycles. The zero-order chi connectivity index (χ0) is 16.1. The fourth-order valence-electron chi connectivity index (χ4n) is 1.78. The van der Waals surface area contributed by atoms with Gasteiger partial charge < -0.3 is 14.5 Å². The van der Waals surface area contributed by atoms with Crippen LogP contribution >= 0.6 is 11.6 Å². The molecule has 112 valence electrons. The number of furan rings is 1. The van der Waals surface area contributed by atoms with Crippen LogP contribution in [0.4, 0.5) is 5.69 Å². The molecule has 0 atom stereocenters. The van der Waals surface area contributed by atoms with E-state index in [2.05, 4.69) is 5.32 Å². The summed E-state index contributed by atoms with van der Waals surface area (Å²) in [5.41, 5.74) is 1.14. The molecule has 0 saturated carbocycles. The molecule has 0 radical (unpaired) electrons. The fourth-order valence-corrected chi connectivity index (χ4v) is 1.94. The number of carbonyl (C=O) groups is 1. The second-order valence-electron chi connectivity index (χ2n) is 4.44. The number of amides is 1. The minimum absolute atomic E-state index is 0.0791. The van der Waals surface area contributed by atoms with E-state index in [1.807, 2.05) is 6.07 Å². The van der Waals surface area contributed by atoms with Crippen molar-refractivity contribution in [3.8, 4) is 11.8 Å². The molecule has 2 aromatic rings. The lowest BCUT2D eigenvalue weighted by Crippen LogP contribution is -2.14. The molecular formula is C16H13ClN2O3. The smallest absolute Gasteiger partial charge is 0.266 e. The highest BCUT2D eigenvalue weighted by Crippen LogP contribution is 2.31. The van der Waals surface area contributed by atoms with Crippen LogP contribution in [0.25, 0.3) is 6.08 Å². The predicted octanol–water partition coefficient (Wildman–Crippen LogP) is 3.80. The molecule has 1 aromatic heterocycles. The van der Waals surface area contributed by atoms with Crippen molar-refractivity contribution in [2.75, 3.05) is 12.4 Å². The number of carbonyl (C=O) groups excluding carboxylic acids is 1. The number of rotatable bonds is 4. The Balaban J connectivity index is 2.28. The van der Waals surface area contributed by atoms with Gasteiger partial charge in [0, 0.05) is 17.2 Å². The number of anilines is 1. The third kappa shape index (κ3) is 3.48. The van der Waals surface area contributed by atoms with E-state index in [4.69, 9.17) is 26.0 Å². The van der Waals surface area contributed by atoms with E-state index in [1.165, 1.54) is 19.4 Å². The summed E-state index contributed by atoms with van der Waals surface area (Å²) in [6, 6.07) is 8.45. The van der Waals surface area contributed by atoms with Gasteiger partial charge in [0.05, 0.1) is 19.1 Å². The van der Waals surface area contributed by atoms with Crippen LogP contribution < -0.4 is 10.1 Å². The molecule has 0 unspecified atom stereocenters. The fraction of sp³-hybridized carbons (Fsp3) is 0.125. The molecule has 1 aromatic carbocycles. The first kappa shape index (κ1) is 15.7. The monoisotopic (exact) mass is 316 g/mol. The Morgan fingerprint density at radius 2 is 2.27 bits per heavy atom. The van der Waals surface area contributed by atoms with Crippen molar-refractivity contribution in [2.45, 2.75) is 6.92 Å². The van der Waals surface area contributed by atoms with Crippen LogP contribution in [0.5, 0.6) is 5.75 Å². The van der Waals surface area contributed by atoms with Crippen LogP contribution in [0.15, 0.2) is 40.5 Å². The van der Waals surface area contributed by atoms with Crippen molar-refractivity contribution in [1.29, 1.82) is 5.26 Å². The van der Waals surface area contributed by atoms with Gasteiger partial charge in [-0.15, -0.1) is 0 Å². The first-order valence-electron chi connectivity index (χ1n) is 6.36. The average Bonchev–Trinajstić information content (AvgIpc) is 3.01. The number of nitrogens with zero attached hydrogens (tertiary/aromatic N) is 1. The van der Waals surface area contributed by atoms with Gasteiger partial charge in [-0.3, -0.25) is 4.79 Å². The SMILES string of the molecule is COc1cc(Cl)c(C)cc1NC(=O)/C(C#N)=C/c1ccco1. The Labute approximate surface area is 132 Å². The van der Waals surface area contributed by atoms with E-state index >= 15 is 0 Å². The minimum atomic E-state index is -0.557. The first-order valence-corrected chi connectivity index (χ1v) is 6.73. The van der Waals surface area contributed by atoms with Crippen molar-refractivity contribution in [3.63, 3.8) is 0 Å². The molecule has 6 heteroatoms. The van der Waals surface area contributed by atoms with Crippen LogP contribution in [0.2, 0.25) is 5.02 Å². The first-order chi connectivity index (χ1) is 10.5. The highest BCUT2D eigenvalue weighted by molar-refractivity contribution is 6.31. The molecule has 5 nitrogen and oxygen atoms in total. The zero-order valence-corrected chi connectivity index (χ0v) is 12.8. The van der Waals surface area contributed by atoms with Crippen molar-refractivity contribution >= 4 is 29.3 Å². The molecule has 0 aliphatic heterocycles. The number of halogens is 1. The number of benzene rings is 1. The lowest BCUT2D eigenvalue weighted by molar-refractivity contribution is -0.112. The van der Waals surface area contributed by atoms with Crippen LogP contribution in [0, 0.1) is 18.3 Å². The van der Waals surface area contributed by atoms with E-state index < -0.39 is 5.91 Å². The van der Waals surface area contributed by atoms with E-state index in [9.17, 15) is 4.79 Å². The minimum Gasteiger partial charge on any atom is -0.495 e. The van der Waals surface area contributed by atoms with Crippen molar-refractivity contribution < 1.29 is 13.9 Å². The summed E-state index contributed by atoms with van der Waals surface area (Å²) in [6.07, 6.45) is 2.83. The van der Waals surface area contributed by atoms with Gasteiger partial charge in [0.25, 0.3) is 5.91 Å². The average molecular weight is 317 g/mol. The summed E-state index contributed by atoms with van der Waals surface area (Å²) in [7, 11) is 1.47.